The third-order valence-electron chi connectivity index (χ3n) is 2.96. The first kappa shape index (κ1) is 12.6. The molecule has 0 amide bonds. The molecule has 0 spiro atoms. The highest BCUT2D eigenvalue weighted by molar-refractivity contribution is 5.80. The van der Waals surface area contributed by atoms with E-state index < -0.39 is 12.0 Å². The van der Waals surface area contributed by atoms with Crippen LogP contribution in [0.5, 0.6) is 0 Å². The lowest BCUT2D eigenvalue weighted by molar-refractivity contribution is -0.140. The number of fused-ring (bicyclic) bond motifs is 1. The third-order valence-corrected chi connectivity index (χ3v) is 2.96. The van der Waals surface area contributed by atoms with Gasteiger partial charge in [-0.25, -0.2) is 9.78 Å². The van der Waals surface area contributed by atoms with Gasteiger partial charge in [-0.15, -0.1) is 0 Å². The van der Waals surface area contributed by atoms with Crippen LogP contribution in [-0.4, -0.2) is 27.2 Å². The monoisotopic (exact) mass is 247 g/mol. The first-order chi connectivity index (χ1) is 8.69. The Morgan fingerprint density at radius 1 is 1.50 bits per heavy atom. The fourth-order valence-corrected chi connectivity index (χ4v) is 2.16. The molecule has 1 heterocycles. The Labute approximate surface area is 105 Å². The Hall–Kier alpha value is -1.88. The molecule has 5 heteroatoms. The summed E-state index contributed by atoms with van der Waals surface area (Å²) in [6, 6.07) is 6.80. The predicted octanol–water partition coefficient (Wildman–Crippen LogP) is 1.57. The zero-order chi connectivity index (χ0) is 13.1. The quantitative estimate of drug-likeness (QED) is 0.840. The number of aryl methyl sites for hydroxylation is 1. The lowest BCUT2D eigenvalue weighted by atomic mass is 10.2. The first-order valence-electron chi connectivity index (χ1n) is 6.07. The Morgan fingerprint density at radius 2 is 2.22 bits per heavy atom. The molecule has 0 aliphatic heterocycles. The lowest BCUT2D eigenvalue weighted by Crippen LogP contribution is -2.28. The van der Waals surface area contributed by atoms with Crippen LogP contribution in [0.3, 0.4) is 0 Å². The molecule has 2 aromatic rings. The second-order valence-corrected chi connectivity index (χ2v) is 4.23. The van der Waals surface area contributed by atoms with Gasteiger partial charge in [0.1, 0.15) is 11.9 Å². The summed E-state index contributed by atoms with van der Waals surface area (Å²) in [5.74, 6) is -0.130. The van der Waals surface area contributed by atoms with E-state index in [1.165, 1.54) is 0 Å². The summed E-state index contributed by atoms with van der Waals surface area (Å²) < 4.78 is 1.75. The van der Waals surface area contributed by atoms with Gasteiger partial charge in [-0.3, -0.25) is 0 Å². The van der Waals surface area contributed by atoms with Crippen LogP contribution in [0.15, 0.2) is 24.3 Å². The maximum atomic E-state index is 11.3. The summed E-state index contributed by atoms with van der Waals surface area (Å²) in [4.78, 5) is 15.8. The lowest BCUT2D eigenvalue weighted by Gasteiger charge is -2.15. The Kier molecular flexibility index (Phi) is 3.62. The standard InChI is InChI=1S/C13H17N3O2/c1-2-5-12-15-9-6-3-4-7-10(9)16(12)11(8-14)13(17)18/h3-4,6-7,11H,2,5,8,14H2,1H3,(H,17,18). The summed E-state index contributed by atoms with van der Waals surface area (Å²) in [7, 11) is 0. The van der Waals surface area contributed by atoms with Crippen LogP contribution in [0, 0.1) is 0 Å². The SMILES string of the molecule is CCCc1nc2ccccc2n1C(CN)C(=O)O. The maximum Gasteiger partial charge on any atom is 0.328 e. The van der Waals surface area contributed by atoms with Gasteiger partial charge in [-0.05, 0) is 18.6 Å². The molecule has 0 bridgehead atoms. The summed E-state index contributed by atoms with van der Waals surface area (Å²) in [5.41, 5.74) is 7.24. The van der Waals surface area contributed by atoms with Crippen molar-refractivity contribution in [3.8, 4) is 0 Å². The van der Waals surface area contributed by atoms with Gasteiger partial charge in [0.25, 0.3) is 0 Å². The number of carboxylic acid groups (broad SMARTS) is 1. The molecule has 0 saturated carbocycles. The Morgan fingerprint density at radius 3 is 2.83 bits per heavy atom. The minimum Gasteiger partial charge on any atom is -0.480 e. The highest BCUT2D eigenvalue weighted by Crippen LogP contribution is 2.22. The Bertz CT molecular complexity index is 562. The summed E-state index contributed by atoms with van der Waals surface area (Å²) in [6.45, 7) is 2.11. The molecule has 0 aliphatic carbocycles. The van der Waals surface area contributed by atoms with Crippen molar-refractivity contribution >= 4 is 17.0 Å². The molecule has 5 nitrogen and oxygen atoms in total. The fourth-order valence-electron chi connectivity index (χ4n) is 2.16. The second-order valence-electron chi connectivity index (χ2n) is 4.23. The molecule has 96 valence electrons. The van der Waals surface area contributed by atoms with Gasteiger partial charge < -0.3 is 15.4 Å². The molecule has 1 aromatic heterocycles. The van der Waals surface area contributed by atoms with E-state index in [-0.39, 0.29) is 6.54 Å². The van der Waals surface area contributed by atoms with Crippen LogP contribution in [0.2, 0.25) is 0 Å². The zero-order valence-corrected chi connectivity index (χ0v) is 10.3. The molecular formula is C13H17N3O2. The average Bonchev–Trinajstić information content (AvgIpc) is 2.69. The van der Waals surface area contributed by atoms with Crippen LogP contribution in [0.4, 0.5) is 0 Å². The highest BCUT2D eigenvalue weighted by Gasteiger charge is 2.23. The van der Waals surface area contributed by atoms with Crippen molar-refractivity contribution in [2.75, 3.05) is 6.54 Å². The molecule has 0 saturated heterocycles. The smallest absolute Gasteiger partial charge is 0.328 e. The largest absolute Gasteiger partial charge is 0.480 e. The number of benzene rings is 1. The summed E-state index contributed by atoms with van der Waals surface area (Å²) in [5, 5.41) is 9.27. The van der Waals surface area contributed by atoms with Crippen LogP contribution < -0.4 is 5.73 Å². The first-order valence-corrected chi connectivity index (χ1v) is 6.07. The van der Waals surface area contributed by atoms with Gasteiger partial charge in [0.2, 0.25) is 0 Å². The molecule has 2 rings (SSSR count). The number of aromatic nitrogens is 2. The number of imidazole rings is 1. The number of para-hydroxylation sites is 2. The van der Waals surface area contributed by atoms with Crippen LogP contribution in [-0.2, 0) is 11.2 Å². The average molecular weight is 247 g/mol. The van der Waals surface area contributed by atoms with Crippen molar-refractivity contribution in [3.05, 3.63) is 30.1 Å². The van der Waals surface area contributed by atoms with Crippen molar-refractivity contribution in [2.45, 2.75) is 25.8 Å². The van der Waals surface area contributed by atoms with Crippen LogP contribution >= 0.6 is 0 Å². The number of carbonyl (C=O) groups is 1. The number of carboxylic acids is 1. The predicted molar refractivity (Wildman–Crippen MR) is 69.5 cm³/mol. The van der Waals surface area contributed by atoms with E-state index in [0.717, 1.165) is 29.7 Å². The number of aliphatic carboxylic acids is 1. The van der Waals surface area contributed by atoms with Crippen molar-refractivity contribution in [1.82, 2.24) is 9.55 Å². The molecule has 1 atom stereocenters. The molecular weight excluding hydrogens is 230 g/mol. The van der Waals surface area contributed by atoms with Crippen LogP contribution in [0.1, 0.15) is 25.2 Å². The zero-order valence-electron chi connectivity index (χ0n) is 10.3. The normalized spacial score (nSPS) is 12.8. The van der Waals surface area contributed by atoms with E-state index >= 15 is 0 Å². The van der Waals surface area contributed by atoms with Gasteiger partial charge in [0.15, 0.2) is 0 Å². The van der Waals surface area contributed by atoms with Crippen molar-refractivity contribution in [3.63, 3.8) is 0 Å². The minimum absolute atomic E-state index is 0.0619. The van der Waals surface area contributed by atoms with Gasteiger partial charge in [0, 0.05) is 13.0 Å². The van der Waals surface area contributed by atoms with Crippen molar-refractivity contribution in [1.29, 1.82) is 0 Å². The fraction of sp³-hybridized carbons (Fsp3) is 0.385. The number of hydrogen-bond donors (Lipinski definition) is 2. The van der Waals surface area contributed by atoms with E-state index in [9.17, 15) is 9.90 Å². The number of rotatable bonds is 5. The molecule has 3 N–H and O–H groups in total. The Balaban J connectivity index is 2.63. The summed E-state index contributed by atoms with van der Waals surface area (Å²) in [6.07, 6.45) is 1.67. The van der Waals surface area contributed by atoms with E-state index in [4.69, 9.17) is 5.73 Å². The van der Waals surface area contributed by atoms with E-state index in [2.05, 4.69) is 4.98 Å². The topological polar surface area (TPSA) is 81.1 Å². The summed E-state index contributed by atoms with van der Waals surface area (Å²) >= 11 is 0. The molecule has 18 heavy (non-hydrogen) atoms. The molecule has 0 aliphatic rings. The van der Waals surface area contributed by atoms with Gasteiger partial charge >= 0.3 is 5.97 Å². The van der Waals surface area contributed by atoms with E-state index in [1.54, 1.807) is 4.57 Å². The minimum atomic E-state index is -0.919. The molecule has 1 unspecified atom stereocenters. The number of nitrogens with two attached hydrogens (primary N) is 1. The van der Waals surface area contributed by atoms with Crippen LogP contribution in [0.25, 0.3) is 11.0 Å². The molecule has 1 aromatic carbocycles. The maximum absolute atomic E-state index is 11.3. The van der Waals surface area contributed by atoms with Gasteiger partial charge in [-0.2, -0.15) is 0 Å². The number of nitrogens with zero attached hydrogens (tertiary/aromatic N) is 2. The van der Waals surface area contributed by atoms with Crippen molar-refractivity contribution < 1.29 is 9.90 Å². The molecule has 0 fully saturated rings. The van der Waals surface area contributed by atoms with E-state index in [1.807, 2.05) is 31.2 Å². The molecule has 0 radical (unpaired) electrons. The third kappa shape index (κ3) is 2.09. The van der Waals surface area contributed by atoms with Gasteiger partial charge in [0.05, 0.1) is 11.0 Å². The second kappa shape index (κ2) is 5.18. The van der Waals surface area contributed by atoms with Gasteiger partial charge in [-0.1, -0.05) is 19.1 Å². The van der Waals surface area contributed by atoms with E-state index in [0.29, 0.717) is 0 Å². The highest BCUT2D eigenvalue weighted by atomic mass is 16.4. The number of hydrogen-bond acceptors (Lipinski definition) is 3. The van der Waals surface area contributed by atoms with Crippen molar-refractivity contribution in [2.24, 2.45) is 5.73 Å².